The van der Waals surface area contributed by atoms with Gasteiger partial charge in [-0.2, -0.15) is 0 Å². The van der Waals surface area contributed by atoms with Crippen LogP contribution in [0.2, 0.25) is 5.02 Å². The second-order valence-corrected chi connectivity index (χ2v) is 8.24. The van der Waals surface area contributed by atoms with E-state index in [1.807, 2.05) is 0 Å². The third-order valence-electron chi connectivity index (χ3n) is 5.16. The van der Waals surface area contributed by atoms with Crippen molar-refractivity contribution in [1.29, 1.82) is 0 Å². The van der Waals surface area contributed by atoms with Crippen LogP contribution in [0.4, 0.5) is 9.18 Å². The Labute approximate surface area is 199 Å². The predicted molar refractivity (Wildman–Crippen MR) is 120 cm³/mol. The van der Waals surface area contributed by atoms with E-state index in [2.05, 4.69) is 25.6 Å². The molecule has 1 aromatic carbocycles. The average molecular weight is 486 g/mol. The summed E-state index contributed by atoms with van der Waals surface area (Å²) in [5, 5.41) is 5.64. The van der Waals surface area contributed by atoms with E-state index in [0.29, 0.717) is 29.4 Å². The standard InChI is InChI=1S/C23H21ClFN5O4/c1-13(20-18(25)9-15(10-28-20)33-19-6-4-3-5-17(19)24)29-21(31)23(7-8-23)30-22(32)34-16-11-26-14(2)27-12-16/h3-6,9-13H,7-8H2,1-2H3,(H,29,31)(H,30,32). The summed E-state index contributed by atoms with van der Waals surface area (Å²) >= 11 is 6.06. The van der Waals surface area contributed by atoms with Gasteiger partial charge < -0.3 is 20.1 Å². The lowest BCUT2D eigenvalue weighted by atomic mass is 10.1. The largest absolute Gasteiger partial charge is 0.454 e. The molecule has 1 atom stereocenters. The highest BCUT2D eigenvalue weighted by atomic mass is 35.5. The molecule has 4 rings (SSSR count). The summed E-state index contributed by atoms with van der Waals surface area (Å²) < 4.78 is 25.4. The fourth-order valence-electron chi connectivity index (χ4n) is 3.16. The van der Waals surface area contributed by atoms with Crippen molar-refractivity contribution in [3.05, 3.63) is 71.3 Å². The molecule has 176 valence electrons. The number of rotatable bonds is 7. The maximum Gasteiger partial charge on any atom is 0.413 e. The zero-order valence-corrected chi connectivity index (χ0v) is 19.1. The number of carbonyl (C=O) groups excluding carboxylic acids is 2. The molecule has 2 N–H and O–H groups in total. The molecular weight excluding hydrogens is 465 g/mol. The molecule has 0 aliphatic heterocycles. The number of ether oxygens (including phenoxy) is 2. The second-order valence-electron chi connectivity index (χ2n) is 7.83. The first-order chi connectivity index (χ1) is 16.3. The molecule has 2 aromatic heterocycles. The predicted octanol–water partition coefficient (Wildman–Crippen LogP) is 4.26. The van der Waals surface area contributed by atoms with E-state index in [4.69, 9.17) is 21.1 Å². The topological polar surface area (TPSA) is 115 Å². The van der Waals surface area contributed by atoms with Crippen molar-refractivity contribution in [1.82, 2.24) is 25.6 Å². The molecule has 11 heteroatoms. The Kier molecular flexibility index (Phi) is 6.60. The molecule has 1 aliphatic carbocycles. The van der Waals surface area contributed by atoms with Crippen molar-refractivity contribution in [3.8, 4) is 17.2 Å². The molecule has 1 fully saturated rings. The van der Waals surface area contributed by atoms with E-state index >= 15 is 0 Å². The lowest BCUT2D eigenvalue weighted by molar-refractivity contribution is -0.124. The van der Waals surface area contributed by atoms with Gasteiger partial charge in [0.05, 0.1) is 35.3 Å². The van der Waals surface area contributed by atoms with Crippen LogP contribution in [0.1, 0.15) is 37.3 Å². The van der Waals surface area contributed by atoms with Gasteiger partial charge in [-0.1, -0.05) is 23.7 Å². The number of aromatic nitrogens is 3. The first-order valence-electron chi connectivity index (χ1n) is 10.4. The molecule has 0 radical (unpaired) electrons. The Morgan fingerprint density at radius 3 is 2.44 bits per heavy atom. The van der Waals surface area contributed by atoms with Crippen LogP contribution in [0, 0.1) is 12.7 Å². The van der Waals surface area contributed by atoms with Gasteiger partial charge in [0.2, 0.25) is 5.91 Å². The van der Waals surface area contributed by atoms with E-state index < -0.39 is 29.4 Å². The molecule has 1 saturated carbocycles. The number of hydrogen-bond acceptors (Lipinski definition) is 7. The van der Waals surface area contributed by atoms with Gasteiger partial charge in [0, 0.05) is 6.07 Å². The second kappa shape index (κ2) is 9.60. The Hall–Kier alpha value is -3.79. The van der Waals surface area contributed by atoms with Gasteiger partial charge in [-0.3, -0.25) is 9.78 Å². The van der Waals surface area contributed by atoms with Gasteiger partial charge in [-0.05, 0) is 38.8 Å². The summed E-state index contributed by atoms with van der Waals surface area (Å²) in [4.78, 5) is 37.0. The van der Waals surface area contributed by atoms with E-state index in [9.17, 15) is 14.0 Å². The summed E-state index contributed by atoms with van der Waals surface area (Å²) in [6.07, 6.45) is 4.10. The van der Waals surface area contributed by atoms with Crippen LogP contribution in [-0.4, -0.2) is 32.5 Å². The normalized spacial score (nSPS) is 14.6. The quantitative estimate of drug-likeness (QED) is 0.513. The maximum absolute atomic E-state index is 14.7. The minimum absolute atomic E-state index is 0.0232. The highest BCUT2D eigenvalue weighted by Gasteiger charge is 2.52. The number of para-hydroxylation sites is 1. The van der Waals surface area contributed by atoms with Crippen molar-refractivity contribution < 1.29 is 23.5 Å². The van der Waals surface area contributed by atoms with Crippen LogP contribution >= 0.6 is 11.6 Å². The van der Waals surface area contributed by atoms with E-state index in [-0.39, 0.29) is 17.2 Å². The van der Waals surface area contributed by atoms with Crippen molar-refractivity contribution in [2.75, 3.05) is 0 Å². The number of pyridine rings is 1. The number of nitrogens with one attached hydrogen (secondary N) is 2. The lowest BCUT2D eigenvalue weighted by Crippen LogP contribution is -2.50. The summed E-state index contributed by atoms with van der Waals surface area (Å²) in [5.41, 5.74) is -1.10. The zero-order valence-electron chi connectivity index (χ0n) is 18.3. The van der Waals surface area contributed by atoms with E-state index in [1.165, 1.54) is 24.7 Å². The summed E-state index contributed by atoms with van der Waals surface area (Å²) in [6.45, 7) is 3.29. The smallest absolute Gasteiger partial charge is 0.413 e. The van der Waals surface area contributed by atoms with Crippen molar-refractivity contribution in [2.45, 2.75) is 38.3 Å². The average Bonchev–Trinajstić information content (AvgIpc) is 3.57. The van der Waals surface area contributed by atoms with Gasteiger partial charge in [-0.15, -0.1) is 0 Å². The highest BCUT2D eigenvalue weighted by molar-refractivity contribution is 6.32. The number of benzene rings is 1. The maximum atomic E-state index is 14.7. The van der Waals surface area contributed by atoms with Gasteiger partial charge in [0.1, 0.15) is 22.9 Å². The molecule has 0 bridgehead atoms. The molecule has 1 aliphatic rings. The van der Waals surface area contributed by atoms with Gasteiger partial charge in [-0.25, -0.2) is 19.2 Å². The SMILES string of the molecule is Cc1ncc(OC(=O)NC2(C(=O)NC(C)c3ncc(Oc4ccccc4Cl)cc3F)CC2)cn1. The minimum Gasteiger partial charge on any atom is -0.454 e. The van der Waals surface area contributed by atoms with Crippen LogP contribution in [-0.2, 0) is 4.79 Å². The molecule has 2 amide bonds. The summed E-state index contributed by atoms with van der Waals surface area (Å²) in [6, 6.07) is 7.19. The van der Waals surface area contributed by atoms with Gasteiger partial charge >= 0.3 is 6.09 Å². The molecule has 2 heterocycles. The van der Waals surface area contributed by atoms with Crippen LogP contribution in [0.25, 0.3) is 0 Å². The van der Waals surface area contributed by atoms with Crippen LogP contribution in [0.5, 0.6) is 17.2 Å². The summed E-state index contributed by atoms with van der Waals surface area (Å²) in [7, 11) is 0. The highest BCUT2D eigenvalue weighted by Crippen LogP contribution is 2.36. The Bertz CT molecular complexity index is 1220. The van der Waals surface area contributed by atoms with Crippen molar-refractivity contribution in [2.24, 2.45) is 0 Å². The van der Waals surface area contributed by atoms with Crippen LogP contribution < -0.4 is 20.1 Å². The third kappa shape index (κ3) is 5.40. The molecule has 0 spiro atoms. The summed E-state index contributed by atoms with van der Waals surface area (Å²) in [5.74, 6) is 0.0899. The molecule has 0 saturated heterocycles. The number of amides is 2. The Morgan fingerprint density at radius 2 is 1.79 bits per heavy atom. The molecule has 34 heavy (non-hydrogen) atoms. The molecule has 1 unspecified atom stereocenters. The fraction of sp³-hybridized carbons (Fsp3) is 0.261. The number of halogens is 2. The van der Waals surface area contributed by atoms with Crippen LogP contribution in [0.15, 0.2) is 48.9 Å². The van der Waals surface area contributed by atoms with E-state index in [0.717, 1.165) is 0 Å². The van der Waals surface area contributed by atoms with Gasteiger partial charge in [0.15, 0.2) is 11.6 Å². The number of carbonyl (C=O) groups is 2. The Morgan fingerprint density at radius 1 is 1.12 bits per heavy atom. The minimum atomic E-state index is -1.12. The lowest BCUT2D eigenvalue weighted by Gasteiger charge is -2.20. The number of nitrogens with zero attached hydrogens (tertiary/aromatic N) is 3. The molecular formula is C23H21ClFN5O4. The number of aryl methyl sites for hydroxylation is 1. The number of hydrogen-bond donors (Lipinski definition) is 2. The monoisotopic (exact) mass is 485 g/mol. The van der Waals surface area contributed by atoms with Crippen molar-refractivity contribution >= 4 is 23.6 Å². The molecule has 3 aromatic rings. The zero-order chi connectivity index (χ0) is 24.3. The van der Waals surface area contributed by atoms with Gasteiger partial charge in [0.25, 0.3) is 0 Å². The third-order valence-corrected chi connectivity index (χ3v) is 5.47. The fourth-order valence-corrected chi connectivity index (χ4v) is 3.33. The van der Waals surface area contributed by atoms with Crippen molar-refractivity contribution in [3.63, 3.8) is 0 Å². The van der Waals surface area contributed by atoms with Crippen LogP contribution in [0.3, 0.4) is 0 Å². The van der Waals surface area contributed by atoms with E-state index in [1.54, 1.807) is 38.1 Å². The Balaban J connectivity index is 1.36. The first-order valence-corrected chi connectivity index (χ1v) is 10.8. The molecule has 9 nitrogen and oxygen atoms in total. The first kappa shape index (κ1) is 23.4.